The van der Waals surface area contributed by atoms with Gasteiger partial charge in [-0.2, -0.15) is 0 Å². The summed E-state index contributed by atoms with van der Waals surface area (Å²) in [6.45, 7) is 2.64. The molecule has 0 saturated carbocycles. The summed E-state index contributed by atoms with van der Waals surface area (Å²) in [5.41, 5.74) is 0.714. The van der Waals surface area contributed by atoms with Gasteiger partial charge in [-0.3, -0.25) is 4.79 Å². The Kier molecular flexibility index (Phi) is 3.05. The Hall–Kier alpha value is -1.09. The fourth-order valence-corrected chi connectivity index (χ4v) is 0.946. The van der Waals surface area contributed by atoms with Gasteiger partial charge in [-0.15, -0.1) is 0 Å². The van der Waals surface area contributed by atoms with E-state index in [1.54, 1.807) is 12.3 Å². The number of ketones is 1. The molecule has 1 aromatic rings. The summed E-state index contributed by atoms with van der Waals surface area (Å²) in [5, 5.41) is 0. The Labute approximate surface area is 72.0 Å². The molecule has 0 N–H and O–H groups in total. The summed E-state index contributed by atoms with van der Waals surface area (Å²) in [7, 11) is 1.89. The van der Waals surface area contributed by atoms with Gasteiger partial charge >= 0.3 is 0 Å². The maximum absolute atomic E-state index is 11.3. The number of ether oxygens (including phenoxy) is 1. The van der Waals surface area contributed by atoms with Gasteiger partial charge < -0.3 is 9.30 Å². The molecule has 0 bridgehead atoms. The molecule has 1 aromatic heterocycles. The Bertz CT molecular complexity index is 265. The highest BCUT2D eigenvalue weighted by atomic mass is 16.5. The molecular formula is C9H13NO2. The number of carbonyl (C=O) groups excluding carboxylic acids is 1. The van der Waals surface area contributed by atoms with Crippen molar-refractivity contribution in [3.8, 4) is 0 Å². The Balaban J connectivity index is 2.53. The Morgan fingerprint density at radius 3 is 2.92 bits per heavy atom. The van der Waals surface area contributed by atoms with Gasteiger partial charge in [0, 0.05) is 31.6 Å². The summed E-state index contributed by atoms with van der Waals surface area (Å²) in [6.07, 6.45) is 3.64. The molecular weight excluding hydrogens is 154 g/mol. The SMILES string of the molecule is CCOCC(=O)c1ccn(C)c1. The summed E-state index contributed by atoms with van der Waals surface area (Å²) >= 11 is 0. The van der Waals surface area contributed by atoms with Crippen molar-refractivity contribution in [3.05, 3.63) is 24.0 Å². The monoisotopic (exact) mass is 167 g/mol. The second-order valence-corrected chi connectivity index (χ2v) is 2.63. The number of carbonyl (C=O) groups is 1. The van der Waals surface area contributed by atoms with Gasteiger partial charge in [-0.1, -0.05) is 0 Å². The zero-order valence-corrected chi connectivity index (χ0v) is 7.41. The lowest BCUT2D eigenvalue weighted by Gasteiger charge is -1.97. The minimum atomic E-state index is 0.0393. The second-order valence-electron chi connectivity index (χ2n) is 2.63. The minimum Gasteiger partial charge on any atom is -0.374 e. The first kappa shape index (κ1) is 9.00. The van der Waals surface area contributed by atoms with Crippen LogP contribution in [0.3, 0.4) is 0 Å². The van der Waals surface area contributed by atoms with E-state index in [4.69, 9.17) is 4.74 Å². The first-order chi connectivity index (χ1) is 5.74. The van der Waals surface area contributed by atoms with Crippen molar-refractivity contribution in [3.63, 3.8) is 0 Å². The van der Waals surface area contributed by atoms with Crippen LogP contribution in [0.25, 0.3) is 0 Å². The maximum Gasteiger partial charge on any atom is 0.189 e. The van der Waals surface area contributed by atoms with E-state index in [0.29, 0.717) is 12.2 Å². The lowest BCUT2D eigenvalue weighted by atomic mass is 10.2. The van der Waals surface area contributed by atoms with Crippen LogP contribution in [0.5, 0.6) is 0 Å². The van der Waals surface area contributed by atoms with Crippen molar-refractivity contribution in [2.75, 3.05) is 13.2 Å². The van der Waals surface area contributed by atoms with E-state index >= 15 is 0 Å². The standard InChI is InChI=1S/C9H13NO2/c1-3-12-7-9(11)8-4-5-10(2)6-8/h4-6H,3,7H2,1-2H3. The fraction of sp³-hybridized carbons (Fsp3) is 0.444. The number of nitrogens with zero attached hydrogens (tertiary/aromatic N) is 1. The molecule has 1 heterocycles. The van der Waals surface area contributed by atoms with Crippen LogP contribution in [0.4, 0.5) is 0 Å². The van der Waals surface area contributed by atoms with Crippen LogP contribution < -0.4 is 0 Å². The quantitative estimate of drug-likeness (QED) is 0.632. The largest absolute Gasteiger partial charge is 0.374 e. The third-order valence-electron chi connectivity index (χ3n) is 1.59. The van der Waals surface area contributed by atoms with Gasteiger partial charge in [-0.25, -0.2) is 0 Å². The number of hydrogen-bond donors (Lipinski definition) is 0. The van der Waals surface area contributed by atoms with Crippen molar-refractivity contribution < 1.29 is 9.53 Å². The van der Waals surface area contributed by atoms with Gasteiger partial charge in [0.15, 0.2) is 5.78 Å². The molecule has 0 radical (unpaired) electrons. The maximum atomic E-state index is 11.3. The third kappa shape index (κ3) is 2.20. The highest BCUT2D eigenvalue weighted by molar-refractivity contribution is 5.96. The first-order valence-electron chi connectivity index (χ1n) is 3.97. The van der Waals surface area contributed by atoms with Gasteiger partial charge in [0.05, 0.1) is 0 Å². The van der Waals surface area contributed by atoms with E-state index in [1.165, 1.54) is 0 Å². The number of rotatable bonds is 4. The molecule has 0 aliphatic carbocycles. The van der Waals surface area contributed by atoms with E-state index in [2.05, 4.69) is 0 Å². The van der Waals surface area contributed by atoms with Gasteiger partial charge in [0.2, 0.25) is 0 Å². The lowest BCUT2D eigenvalue weighted by Crippen LogP contribution is -2.07. The molecule has 0 atom stereocenters. The number of aromatic nitrogens is 1. The van der Waals surface area contributed by atoms with Crippen molar-refractivity contribution in [2.45, 2.75) is 6.92 Å². The molecule has 0 aliphatic rings. The van der Waals surface area contributed by atoms with Crippen LogP contribution >= 0.6 is 0 Å². The van der Waals surface area contributed by atoms with E-state index in [1.807, 2.05) is 24.7 Å². The predicted octanol–water partition coefficient (Wildman–Crippen LogP) is 1.24. The molecule has 1 rings (SSSR count). The molecule has 0 saturated heterocycles. The summed E-state index contributed by atoms with van der Waals surface area (Å²) in [6, 6.07) is 1.79. The summed E-state index contributed by atoms with van der Waals surface area (Å²) in [4.78, 5) is 11.3. The van der Waals surface area contributed by atoms with Crippen molar-refractivity contribution in [1.29, 1.82) is 0 Å². The molecule has 0 spiro atoms. The lowest BCUT2D eigenvalue weighted by molar-refractivity contribution is 0.0783. The molecule has 0 aliphatic heterocycles. The molecule has 12 heavy (non-hydrogen) atoms. The second kappa shape index (κ2) is 4.07. The smallest absolute Gasteiger partial charge is 0.189 e. The molecule has 3 heteroatoms. The molecule has 66 valence electrons. The summed E-state index contributed by atoms with van der Waals surface area (Å²) in [5.74, 6) is 0.0393. The zero-order chi connectivity index (χ0) is 8.97. The van der Waals surface area contributed by atoms with E-state index in [9.17, 15) is 4.79 Å². The van der Waals surface area contributed by atoms with Crippen molar-refractivity contribution in [2.24, 2.45) is 7.05 Å². The van der Waals surface area contributed by atoms with Crippen molar-refractivity contribution >= 4 is 5.78 Å². The molecule has 0 unspecified atom stereocenters. The number of aryl methyl sites for hydroxylation is 1. The van der Waals surface area contributed by atoms with E-state index < -0.39 is 0 Å². The zero-order valence-electron chi connectivity index (χ0n) is 7.41. The third-order valence-corrected chi connectivity index (χ3v) is 1.59. The van der Waals surface area contributed by atoms with Crippen LogP contribution in [0, 0.1) is 0 Å². The van der Waals surface area contributed by atoms with Crippen LogP contribution in [-0.4, -0.2) is 23.6 Å². The highest BCUT2D eigenvalue weighted by Gasteiger charge is 2.05. The van der Waals surface area contributed by atoms with Gasteiger partial charge in [0.25, 0.3) is 0 Å². The van der Waals surface area contributed by atoms with Crippen LogP contribution in [0.15, 0.2) is 18.5 Å². The van der Waals surface area contributed by atoms with Gasteiger partial charge in [0.1, 0.15) is 6.61 Å². The fourth-order valence-electron chi connectivity index (χ4n) is 0.946. The average Bonchev–Trinajstić information content (AvgIpc) is 2.47. The Morgan fingerprint density at radius 1 is 1.67 bits per heavy atom. The van der Waals surface area contributed by atoms with E-state index in [0.717, 1.165) is 0 Å². The number of Topliss-reactive ketones (excluding diaryl/α,β-unsaturated/α-hetero) is 1. The summed E-state index contributed by atoms with van der Waals surface area (Å²) < 4.78 is 6.85. The first-order valence-corrected chi connectivity index (χ1v) is 3.97. The van der Waals surface area contributed by atoms with Crippen LogP contribution in [0.2, 0.25) is 0 Å². The Morgan fingerprint density at radius 2 is 2.42 bits per heavy atom. The van der Waals surface area contributed by atoms with Crippen LogP contribution in [0.1, 0.15) is 17.3 Å². The molecule has 3 nitrogen and oxygen atoms in total. The van der Waals surface area contributed by atoms with Gasteiger partial charge in [-0.05, 0) is 13.0 Å². The highest BCUT2D eigenvalue weighted by Crippen LogP contribution is 2.00. The van der Waals surface area contributed by atoms with Crippen molar-refractivity contribution in [1.82, 2.24) is 4.57 Å². The molecule has 0 fully saturated rings. The minimum absolute atomic E-state index is 0.0393. The topological polar surface area (TPSA) is 31.2 Å². The normalized spacial score (nSPS) is 10.2. The molecule has 0 aromatic carbocycles. The van der Waals surface area contributed by atoms with Crippen LogP contribution in [-0.2, 0) is 11.8 Å². The number of hydrogen-bond acceptors (Lipinski definition) is 2. The average molecular weight is 167 g/mol. The van der Waals surface area contributed by atoms with E-state index in [-0.39, 0.29) is 12.4 Å². The predicted molar refractivity (Wildman–Crippen MR) is 46.2 cm³/mol. The molecule has 0 amide bonds.